The first-order valence-electron chi connectivity index (χ1n) is 4.97. The van der Waals surface area contributed by atoms with E-state index < -0.39 is 12.3 Å². The Morgan fingerprint density at radius 2 is 2.36 bits per heavy atom. The number of carbonyl (C=O) groups is 1. The first-order valence-corrected chi connectivity index (χ1v) is 3.97. The molecule has 0 saturated carbocycles. The first-order chi connectivity index (χ1) is 7.44. The van der Waals surface area contributed by atoms with Crippen molar-refractivity contribution in [2.75, 3.05) is 0 Å². The second-order valence-electron chi connectivity index (χ2n) is 2.83. The van der Waals surface area contributed by atoms with Gasteiger partial charge in [-0.1, -0.05) is 6.07 Å². The van der Waals surface area contributed by atoms with Gasteiger partial charge in [-0.25, -0.2) is 0 Å². The Bertz CT molecular complexity index is 562. The number of fused-ring (bicyclic) bond motifs is 1. The number of aromatic nitrogens is 1. The zero-order chi connectivity index (χ0) is 11.9. The molecule has 1 heterocycles. The van der Waals surface area contributed by atoms with Gasteiger partial charge in [0.2, 0.25) is 0 Å². The molecule has 1 aromatic heterocycles. The van der Waals surface area contributed by atoms with Crippen LogP contribution in [0.4, 0.5) is 0 Å². The van der Waals surface area contributed by atoms with Gasteiger partial charge in [0.05, 0.1) is 6.37 Å². The van der Waals surface area contributed by atoms with E-state index in [9.17, 15) is 9.90 Å². The maximum absolute atomic E-state index is 10.8. The topological polar surface area (TPSA) is 73.3 Å². The van der Waals surface area contributed by atoms with Crippen molar-refractivity contribution in [3.8, 4) is 5.75 Å². The van der Waals surface area contributed by atoms with Crippen LogP contribution in [0.25, 0.3) is 10.9 Å². The van der Waals surface area contributed by atoms with E-state index in [0.717, 1.165) is 0 Å². The molecule has 0 spiro atoms. The van der Waals surface area contributed by atoms with E-state index in [1.165, 1.54) is 12.3 Å². The van der Waals surface area contributed by atoms with Crippen LogP contribution >= 0.6 is 0 Å². The largest absolute Gasteiger partial charge is 0.507 e. The Labute approximate surface area is 82.6 Å². The van der Waals surface area contributed by atoms with Crippen LogP contribution in [0, 0.1) is 0 Å². The first kappa shape index (κ1) is 6.48. The normalized spacial score (nSPS) is 13.7. The van der Waals surface area contributed by atoms with Crippen molar-refractivity contribution >= 4 is 16.9 Å². The SMILES string of the molecule is [2H][13C]([2H])(c1c[nH]c2cccc(O)c12)[13C](=O)O. The maximum Gasteiger partial charge on any atom is 0.307 e. The standard InChI is InChI=1S/C10H9NO3/c12-8-3-1-2-7-10(8)6(5-11-7)4-9(13)14/h1-3,5,11-12H,4H2,(H,13,14)/i4+1D2,9+1. The van der Waals surface area contributed by atoms with E-state index in [2.05, 4.69) is 4.98 Å². The van der Waals surface area contributed by atoms with Gasteiger partial charge >= 0.3 is 5.97 Å². The number of aromatic hydroxyl groups is 1. The van der Waals surface area contributed by atoms with Crippen molar-refractivity contribution in [2.24, 2.45) is 0 Å². The molecule has 3 N–H and O–H groups in total. The summed E-state index contributed by atoms with van der Waals surface area (Å²) >= 11 is 0. The van der Waals surface area contributed by atoms with Crippen molar-refractivity contribution in [3.63, 3.8) is 0 Å². The summed E-state index contributed by atoms with van der Waals surface area (Å²) in [5.74, 6) is -1.73. The molecule has 0 bridgehead atoms. The fraction of sp³-hybridized carbons (Fsp3) is 0.100. The zero-order valence-electron chi connectivity index (χ0n) is 9.11. The predicted molar refractivity (Wildman–Crippen MR) is 51.3 cm³/mol. The van der Waals surface area contributed by atoms with Crippen LogP contribution in [0.5, 0.6) is 5.75 Å². The van der Waals surface area contributed by atoms with E-state index in [1.807, 2.05) is 0 Å². The Morgan fingerprint density at radius 1 is 1.57 bits per heavy atom. The van der Waals surface area contributed by atoms with Crippen molar-refractivity contribution in [3.05, 3.63) is 30.0 Å². The molecule has 0 saturated heterocycles. The Morgan fingerprint density at radius 3 is 3.07 bits per heavy atom. The van der Waals surface area contributed by atoms with Crippen LogP contribution in [0.2, 0.25) is 0 Å². The number of benzene rings is 1. The van der Waals surface area contributed by atoms with E-state index in [4.69, 9.17) is 7.85 Å². The molecular weight excluding hydrogens is 184 g/mol. The molecular formula is C10H9NO3. The average molecular weight is 195 g/mol. The summed E-state index contributed by atoms with van der Waals surface area (Å²) in [5, 5.41) is 18.6. The van der Waals surface area contributed by atoms with E-state index >= 15 is 0 Å². The number of phenols is 1. The quantitative estimate of drug-likeness (QED) is 0.636. The lowest BCUT2D eigenvalue weighted by molar-refractivity contribution is -0.136. The fourth-order valence-corrected chi connectivity index (χ4v) is 1.38. The molecule has 0 aliphatic rings. The lowest BCUT2D eigenvalue weighted by Crippen LogP contribution is -1.98. The number of H-pyrrole nitrogens is 1. The van der Waals surface area contributed by atoms with Gasteiger partial charge in [0.1, 0.15) is 5.75 Å². The van der Waals surface area contributed by atoms with E-state index in [-0.39, 0.29) is 16.7 Å². The summed E-state index contributed by atoms with van der Waals surface area (Å²) in [4.78, 5) is 13.5. The highest BCUT2D eigenvalue weighted by Gasteiger charge is 2.10. The molecule has 1 aromatic carbocycles. The zero-order valence-corrected chi connectivity index (χ0v) is 7.11. The van der Waals surface area contributed by atoms with Gasteiger partial charge in [0, 0.05) is 19.8 Å². The summed E-state index contributed by atoms with van der Waals surface area (Å²) in [5.41, 5.74) is 0.424. The Hall–Kier alpha value is -1.97. The molecule has 2 rings (SSSR count). The number of hydrogen-bond acceptors (Lipinski definition) is 2. The molecule has 0 fully saturated rings. The molecule has 0 unspecified atom stereocenters. The smallest absolute Gasteiger partial charge is 0.307 e. The Kier molecular flexibility index (Phi) is 1.42. The number of carboxylic acid groups (broad SMARTS) is 1. The van der Waals surface area contributed by atoms with Crippen LogP contribution in [0.3, 0.4) is 0 Å². The average Bonchev–Trinajstić information content (AvgIpc) is 2.63. The lowest BCUT2D eigenvalue weighted by Gasteiger charge is -1.97. The molecule has 4 nitrogen and oxygen atoms in total. The second kappa shape index (κ2) is 3.06. The van der Waals surface area contributed by atoms with Gasteiger partial charge in [-0.2, -0.15) is 0 Å². The summed E-state index contributed by atoms with van der Waals surface area (Å²) in [6.45, 7) is 0. The van der Waals surface area contributed by atoms with Crippen LogP contribution in [0.1, 0.15) is 8.30 Å². The number of aromatic amines is 1. The highest BCUT2D eigenvalue weighted by atomic mass is 16.5. The van der Waals surface area contributed by atoms with Crippen molar-refractivity contribution in [1.29, 1.82) is 0 Å². The molecule has 72 valence electrons. The van der Waals surface area contributed by atoms with Crippen LogP contribution in [-0.2, 0) is 11.2 Å². The second-order valence-corrected chi connectivity index (χ2v) is 2.83. The maximum atomic E-state index is 10.8. The van der Waals surface area contributed by atoms with Crippen LogP contribution in [-0.4, -0.2) is 21.2 Å². The summed E-state index contributed by atoms with van der Waals surface area (Å²) in [6.07, 6.45) is -1.27. The number of rotatable bonds is 2. The van der Waals surface area contributed by atoms with Crippen molar-refractivity contribution in [1.82, 2.24) is 4.98 Å². The van der Waals surface area contributed by atoms with E-state index in [1.54, 1.807) is 12.1 Å². The molecule has 0 aliphatic heterocycles. The Balaban J connectivity index is 2.76. The number of phenolic OH excluding ortho intramolecular Hbond substituents is 1. The summed E-state index contributed by atoms with van der Waals surface area (Å²) in [7, 11) is 0. The van der Waals surface area contributed by atoms with E-state index in [0.29, 0.717) is 5.52 Å². The van der Waals surface area contributed by atoms with Crippen LogP contribution < -0.4 is 0 Å². The van der Waals surface area contributed by atoms with Gasteiger partial charge in [-0.05, 0) is 17.7 Å². The van der Waals surface area contributed by atoms with Crippen LogP contribution in [0.15, 0.2) is 24.4 Å². The third-order valence-electron chi connectivity index (χ3n) is 1.93. The monoisotopic (exact) mass is 195 g/mol. The number of hydrogen-bond donors (Lipinski definition) is 3. The predicted octanol–water partition coefficient (Wildman–Crippen LogP) is 1.50. The number of nitrogens with one attached hydrogen (secondary N) is 1. The van der Waals surface area contributed by atoms with Gasteiger partial charge in [0.15, 0.2) is 0 Å². The molecule has 0 atom stereocenters. The van der Waals surface area contributed by atoms with Gasteiger partial charge in [-0.3, -0.25) is 4.79 Å². The molecule has 0 aliphatic carbocycles. The third-order valence-corrected chi connectivity index (χ3v) is 1.93. The highest BCUT2D eigenvalue weighted by molar-refractivity contribution is 5.91. The lowest BCUT2D eigenvalue weighted by atomic mass is 10.2. The van der Waals surface area contributed by atoms with Crippen molar-refractivity contribution in [2.45, 2.75) is 6.37 Å². The molecule has 14 heavy (non-hydrogen) atoms. The van der Waals surface area contributed by atoms with Gasteiger partial charge in [0.25, 0.3) is 0 Å². The minimum absolute atomic E-state index is 0.0758. The minimum atomic E-state index is -2.53. The summed E-state index contributed by atoms with van der Waals surface area (Å²) < 4.78 is 14.9. The molecule has 0 amide bonds. The molecule has 2 aromatic rings. The highest BCUT2D eigenvalue weighted by Crippen LogP contribution is 2.27. The summed E-state index contributed by atoms with van der Waals surface area (Å²) in [6, 6.07) is 4.61. The minimum Gasteiger partial charge on any atom is -0.507 e. The van der Waals surface area contributed by atoms with Gasteiger partial charge in [-0.15, -0.1) is 0 Å². The fourth-order valence-electron chi connectivity index (χ4n) is 1.38. The van der Waals surface area contributed by atoms with Gasteiger partial charge < -0.3 is 15.2 Å². The van der Waals surface area contributed by atoms with Crippen molar-refractivity contribution < 1.29 is 17.7 Å². The molecule has 4 heteroatoms. The number of aliphatic carboxylic acids is 1. The molecule has 0 radical (unpaired) electrons. The number of carboxylic acids is 1. The third kappa shape index (κ3) is 1.31.